The molecule has 1 N–H and O–H groups in total. The van der Waals surface area contributed by atoms with E-state index in [9.17, 15) is 4.79 Å². The van der Waals surface area contributed by atoms with E-state index in [0.717, 1.165) is 16.8 Å². The zero-order chi connectivity index (χ0) is 20.3. The Morgan fingerprint density at radius 2 is 1.82 bits per heavy atom. The summed E-state index contributed by atoms with van der Waals surface area (Å²) < 4.78 is 0. The van der Waals surface area contributed by atoms with Crippen molar-refractivity contribution in [2.75, 3.05) is 5.32 Å². The van der Waals surface area contributed by atoms with Crippen molar-refractivity contribution < 1.29 is 4.79 Å². The predicted molar refractivity (Wildman–Crippen MR) is 120 cm³/mol. The van der Waals surface area contributed by atoms with Crippen molar-refractivity contribution in [3.63, 3.8) is 0 Å². The van der Waals surface area contributed by atoms with Crippen LogP contribution in [0.2, 0.25) is 10.0 Å². The fourth-order valence-corrected chi connectivity index (χ4v) is 4.00. The van der Waals surface area contributed by atoms with Gasteiger partial charge in [0.25, 0.3) is 0 Å². The minimum Gasteiger partial charge on any atom is -0.302 e. The maximum Gasteiger partial charge on any atom is 0.226 e. The fraction of sp³-hybridized carbons (Fsp3) is 0.273. The number of rotatable bonds is 5. The number of carbonyl (C=O) groups excluding carboxylic acids is 1. The molecule has 0 atom stereocenters. The number of anilines is 1. The van der Waals surface area contributed by atoms with E-state index in [1.54, 1.807) is 12.1 Å². The minimum atomic E-state index is -0.0528. The highest BCUT2D eigenvalue weighted by Gasteiger charge is 2.14. The Kier molecular flexibility index (Phi) is 6.43. The largest absolute Gasteiger partial charge is 0.302 e. The molecule has 0 aliphatic heterocycles. The molecule has 6 heteroatoms. The highest BCUT2D eigenvalue weighted by molar-refractivity contribution is 7.14. The molecule has 0 saturated carbocycles. The number of amides is 1. The van der Waals surface area contributed by atoms with Gasteiger partial charge in [0.05, 0.1) is 10.7 Å². The van der Waals surface area contributed by atoms with Gasteiger partial charge in [-0.25, -0.2) is 4.98 Å². The van der Waals surface area contributed by atoms with Crippen molar-refractivity contribution >= 4 is 45.6 Å². The molecule has 0 spiro atoms. The summed E-state index contributed by atoms with van der Waals surface area (Å²) in [5.41, 5.74) is 4.08. The summed E-state index contributed by atoms with van der Waals surface area (Å²) >= 11 is 13.5. The number of carbonyl (C=O) groups is 1. The van der Waals surface area contributed by atoms with Crippen LogP contribution in [0.1, 0.15) is 38.3 Å². The maximum absolute atomic E-state index is 12.3. The van der Waals surface area contributed by atoms with Crippen molar-refractivity contribution in [3.05, 3.63) is 69.0 Å². The van der Waals surface area contributed by atoms with Gasteiger partial charge >= 0.3 is 0 Å². The first kappa shape index (κ1) is 20.8. The molecule has 0 bridgehead atoms. The van der Waals surface area contributed by atoms with E-state index in [4.69, 9.17) is 23.2 Å². The van der Waals surface area contributed by atoms with Gasteiger partial charge in [-0.3, -0.25) is 4.79 Å². The molecule has 0 radical (unpaired) electrons. The summed E-state index contributed by atoms with van der Waals surface area (Å²) in [6, 6.07) is 13.7. The second kappa shape index (κ2) is 8.64. The van der Waals surface area contributed by atoms with Gasteiger partial charge in [0, 0.05) is 22.4 Å². The normalized spacial score (nSPS) is 11.5. The highest BCUT2D eigenvalue weighted by atomic mass is 35.5. The molecule has 0 saturated heterocycles. The number of benzene rings is 2. The third kappa shape index (κ3) is 5.34. The summed E-state index contributed by atoms with van der Waals surface area (Å²) in [6.45, 7) is 6.57. The van der Waals surface area contributed by atoms with Gasteiger partial charge in [-0.05, 0) is 41.2 Å². The second-order valence-corrected chi connectivity index (χ2v) is 9.36. The van der Waals surface area contributed by atoms with Crippen LogP contribution in [0.15, 0.2) is 47.8 Å². The van der Waals surface area contributed by atoms with Gasteiger partial charge in [0.1, 0.15) is 0 Å². The molecule has 3 nitrogen and oxygen atoms in total. The summed E-state index contributed by atoms with van der Waals surface area (Å²) in [4.78, 5) is 16.7. The lowest BCUT2D eigenvalue weighted by atomic mass is 9.86. The van der Waals surface area contributed by atoms with Gasteiger partial charge in [-0.1, -0.05) is 68.2 Å². The topological polar surface area (TPSA) is 42.0 Å². The van der Waals surface area contributed by atoms with E-state index in [-0.39, 0.29) is 11.3 Å². The summed E-state index contributed by atoms with van der Waals surface area (Å²) in [5, 5.41) is 6.42. The lowest BCUT2D eigenvalue weighted by Crippen LogP contribution is -2.13. The average molecular weight is 433 g/mol. The molecule has 146 valence electrons. The van der Waals surface area contributed by atoms with Crippen LogP contribution in [0.4, 0.5) is 5.13 Å². The summed E-state index contributed by atoms with van der Waals surface area (Å²) in [5.74, 6) is -0.0528. The standard InChI is InChI=1S/C22H22Cl2N2OS/c1-22(2,3)15-7-4-14(5-8-15)6-11-20(27)26-21-25-19(13-28-21)17-10-9-16(23)12-18(17)24/h4-5,7-10,12-13H,6,11H2,1-3H3,(H,25,26,27). The molecule has 0 aliphatic carbocycles. The van der Waals surface area contributed by atoms with E-state index >= 15 is 0 Å². The molecule has 0 aliphatic rings. The van der Waals surface area contributed by atoms with Crippen LogP contribution in [0.25, 0.3) is 11.3 Å². The van der Waals surface area contributed by atoms with Gasteiger partial charge in [0.15, 0.2) is 5.13 Å². The van der Waals surface area contributed by atoms with E-state index in [2.05, 4.69) is 55.3 Å². The predicted octanol–water partition coefficient (Wildman–Crippen LogP) is 6.99. The zero-order valence-electron chi connectivity index (χ0n) is 16.1. The third-order valence-electron chi connectivity index (χ3n) is 4.42. The van der Waals surface area contributed by atoms with Crippen molar-refractivity contribution in [1.82, 2.24) is 4.98 Å². The molecular weight excluding hydrogens is 411 g/mol. The SMILES string of the molecule is CC(C)(C)c1ccc(CCC(=O)Nc2nc(-c3ccc(Cl)cc3Cl)cs2)cc1. The maximum atomic E-state index is 12.3. The van der Waals surface area contributed by atoms with Crippen LogP contribution in [0.3, 0.4) is 0 Å². The molecule has 1 aromatic heterocycles. The first-order chi connectivity index (χ1) is 13.2. The third-order valence-corrected chi connectivity index (χ3v) is 5.72. The Hall–Kier alpha value is -1.88. The number of aryl methyl sites for hydroxylation is 1. The molecule has 0 unspecified atom stereocenters. The number of hydrogen-bond acceptors (Lipinski definition) is 3. The van der Waals surface area contributed by atoms with Crippen LogP contribution >= 0.6 is 34.5 Å². The Bertz CT molecular complexity index is 975. The summed E-state index contributed by atoms with van der Waals surface area (Å²) in [6.07, 6.45) is 1.10. The van der Waals surface area contributed by atoms with Gasteiger partial charge in [-0.15, -0.1) is 11.3 Å². The number of thiazole rings is 1. The monoisotopic (exact) mass is 432 g/mol. The van der Waals surface area contributed by atoms with Crippen molar-refractivity contribution in [3.8, 4) is 11.3 Å². The van der Waals surface area contributed by atoms with Crippen molar-refractivity contribution in [2.45, 2.75) is 39.0 Å². The lowest BCUT2D eigenvalue weighted by Gasteiger charge is -2.19. The number of aromatic nitrogens is 1. The lowest BCUT2D eigenvalue weighted by molar-refractivity contribution is -0.116. The van der Waals surface area contributed by atoms with Gasteiger partial charge in [-0.2, -0.15) is 0 Å². The number of hydrogen-bond donors (Lipinski definition) is 1. The molecule has 3 aromatic rings. The van der Waals surface area contributed by atoms with Crippen molar-refractivity contribution in [2.24, 2.45) is 0 Å². The van der Waals surface area contributed by atoms with Crippen LogP contribution in [0.5, 0.6) is 0 Å². The van der Waals surface area contributed by atoms with Crippen LogP contribution in [-0.4, -0.2) is 10.9 Å². The van der Waals surface area contributed by atoms with E-state index < -0.39 is 0 Å². The fourth-order valence-electron chi connectivity index (χ4n) is 2.76. The first-order valence-corrected chi connectivity index (χ1v) is 10.7. The Balaban J connectivity index is 1.57. The molecule has 28 heavy (non-hydrogen) atoms. The van der Waals surface area contributed by atoms with Crippen LogP contribution in [0, 0.1) is 0 Å². The number of halogens is 2. The second-order valence-electron chi connectivity index (χ2n) is 7.66. The average Bonchev–Trinajstić information content (AvgIpc) is 3.07. The quantitative estimate of drug-likeness (QED) is 0.471. The molecule has 1 amide bonds. The van der Waals surface area contributed by atoms with Gasteiger partial charge in [0.2, 0.25) is 5.91 Å². The molecule has 1 heterocycles. The number of nitrogens with zero attached hydrogens (tertiary/aromatic N) is 1. The van der Waals surface area contributed by atoms with E-state index in [1.165, 1.54) is 16.9 Å². The van der Waals surface area contributed by atoms with Crippen LogP contribution in [-0.2, 0) is 16.6 Å². The first-order valence-electron chi connectivity index (χ1n) is 9.02. The summed E-state index contributed by atoms with van der Waals surface area (Å²) in [7, 11) is 0. The minimum absolute atomic E-state index is 0.0528. The molecule has 3 rings (SSSR count). The number of nitrogens with one attached hydrogen (secondary N) is 1. The molecular formula is C22H22Cl2N2OS. The molecule has 0 fully saturated rings. The Morgan fingerprint density at radius 3 is 2.46 bits per heavy atom. The van der Waals surface area contributed by atoms with E-state index in [0.29, 0.717) is 28.0 Å². The Morgan fingerprint density at radius 1 is 1.11 bits per heavy atom. The smallest absolute Gasteiger partial charge is 0.226 e. The molecule has 2 aromatic carbocycles. The van der Waals surface area contributed by atoms with E-state index in [1.807, 2.05) is 11.4 Å². The highest BCUT2D eigenvalue weighted by Crippen LogP contribution is 2.32. The van der Waals surface area contributed by atoms with Gasteiger partial charge < -0.3 is 5.32 Å². The van der Waals surface area contributed by atoms with Crippen LogP contribution < -0.4 is 5.32 Å². The Labute approximate surface area is 179 Å². The van der Waals surface area contributed by atoms with Crippen molar-refractivity contribution in [1.29, 1.82) is 0 Å². The zero-order valence-corrected chi connectivity index (χ0v) is 18.4.